The van der Waals surface area contributed by atoms with Gasteiger partial charge in [0.1, 0.15) is 22.5 Å². The molecule has 0 saturated heterocycles. The maximum absolute atomic E-state index is 4.45. The summed E-state index contributed by atoms with van der Waals surface area (Å²) in [6, 6.07) is 2.15. The Bertz CT molecular complexity index is 526. The van der Waals surface area contributed by atoms with E-state index in [1.54, 1.807) is 11.3 Å². The molecule has 2 aromatic rings. The van der Waals surface area contributed by atoms with Crippen LogP contribution in [0.15, 0.2) is 17.6 Å². The van der Waals surface area contributed by atoms with Gasteiger partial charge in [0.25, 0.3) is 0 Å². The molecule has 1 atom stereocenters. The molecule has 5 nitrogen and oxygen atoms in total. The van der Waals surface area contributed by atoms with E-state index in [1.807, 2.05) is 24.6 Å². The van der Waals surface area contributed by atoms with Crippen molar-refractivity contribution < 1.29 is 0 Å². The summed E-state index contributed by atoms with van der Waals surface area (Å²) in [5.41, 5.74) is 0. The highest BCUT2D eigenvalue weighted by Gasteiger charge is 2.13. The molecule has 20 heavy (non-hydrogen) atoms. The van der Waals surface area contributed by atoms with Gasteiger partial charge in [-0.15, -0.1) is 11.3 Å². The third kappa shape index (κ3) is 3.90. The van der Waals surface area contributed by atoms with Crippen LogP contribution >= 0.6 is 11.3 Å². The summed E-state index contributed by atoms with van der Waals surface area (Å²) in [4.78, 5) is 13.2. The maximum Gasteiger partial charge on any atom is 0.132 e. The summed E-state index contributed by atoms with van der Waals surface area (Å²) >= 11 is 1.66. The van der Waals surface area contributed by atoms with E-state index in [-0.39, 0.29) is 6.04 Å². The zero-order valence-corrected chi connectivity index (χ0v) is 13.0. The van der Waals surface area contributed by atoms with Crippen LogP contribution in [0.1, 0.15) is 43.6 Å². The van der Waals surface area contributed by atoms with E-state index >= 15 is 0 Å². The van der Waals surface area contributed by atoms with Gasteiger partial charge in [-0.3, -0.25) is 0 Å². The molecule has 6 heteroatoms. The molecule has 0 aliphatic carbocycles. The molecule has 0 bridgehead atoms. The molecular formula is C14H21N5S. The predicted molar refractivity (Wildman–Crippen MR) is 84.3 cm³/mol. The van der Waals surface area contributed by atoms with Crippen LogP contribution in [-0.2, 0) is 0 Å². The van der Waals surface area contributed by atoms with Crippen molar-refractivity contribution in [2.75, 3.05) is 17.2 Å². The highest BCUT2D eigenvalue weighted by molar-refractivity contribution is 7.09. The first-order chi connectivity index (χ1) is 9.72. The molecule has 2 heterocycles. The Hall–Kier alpha value is -1.69. The van der Waals surface area contributed by atoms with E-state index in [0.717, 1.165) is 41.9 Å². The van der Waals surface area contributed by atoms with Crippen molar-refractivity contribution in [2.24, 2.45) is 0 Å². The minimum Gasteiger partial charge on any atom is -0.370 e. The smallest absolute Gasteiger partial charge is 0.132 e. The lowest BCUT2D eigenvalue weighted by molar-refractivity contribution is 0.735. The van der Waals surface area contributed by atoms with Gasteiger partial charge >= 0.3 is 0 Å². The number of hydrogen-bond donors (Lipinski definition) is 2. The van der Waals surface area contributed by atoms with Crippen LogP contribution in [0.3, 0.4) is 0 Å². The normalized spacial score (nSPS) is 12.2. The fraction of sp³-hybridized carbons (Fsp3) is 0.500. The molecule has 0 spiro atoms. The summed E-state index contributed by atoms with van der Waals surface area (Å²) in [6.45, 7) is 7.10. The Morgan fingerprint density at radius 2 is 2.05 bits per heavy atom. The lowest BCUT2D eigenvalue weighted by atomic mass is 10.2. The van der Waals surface area contributed by atoms with Crippen molar-refractivity contribution in [3.8, 4) is 0 Å². The van der Waals surface area contributed by atoms with Gasteiger partial charge < -0.3 is 10.6 Å². The van der Waals surface area contributed by atoms with Crippen LogP contribution in [0.2, 0.25) is 0 Å². The van der Waals surface area contributed by atoms with E-state index in [2.05, 4.69) is 39.4 Å². The second kappa shape index (κ2) is 7.19. The van der Waals surface area contributed by atoms with Crippen molar-refractivity contribution in [3.63, 3.8) is 0 Å². The number of thiazole rings is 1. The molecule has 2 N–H and O–H groups in total. The summed E-state index contributed by atoms with van der Waals surface area (Å²) in [7, 11) is 0. The first-order valence-electron chi connectivity index (χ1n) is 6.98. The minimum absolute atomic E-state index is 0.198. The number of nitrogens with one attached hydrogen (secondary N) is 2. The third-order valence-corrected chi connectivity index (χ3v) is 3.76. The standard InChI is InChI=1S/C14H21N5S/c1-4-6-15-12-9-13(18-10(3)17-12)19-11(5-2)14-16-7-8-20-14/h7-9,11H,4-6H2,1-3H3,(H2,15,17,18,19). The Balaban J connectivity index is 2.13. The van der Waals surface area contributed by atoms with Crippen LogP contribution < -0.4 is 10.6 Å². The number of aromatic nitrogens is 3. The first kappa shape index (κ1) is 14.7. The van der Waals surface area contributed by atoms with Gasteiger partial charge in [0.15, 0.2) is 0 Å². The van der Waals surface area contributed by atoms with Crippen molar-refractivity contribution in [2.45, 2.75) is 39.7 Å². The van der Waals surface area contributed by atoms with Crippen LogP contribution in [0.25, 0.3) is 0 Å². The average molecular weight is 291 g/mol. The molecule has 0 saturated carbocycles. The second-order valence-electron chi connectivity index (χ2n) is 4.59. The summed E-state index contributed by atoms with van der Waals surface area (Å²) in [6.07, 6.45) is 3.88. The maximum atomic E-state index is 4.45. The molecule has 0 aromatic carbocycles. The largest absolute Gasteiger partial charge is 0.370 e. The number of nitrogens with zero attached hydrogens (tertiary/aromatic N) is 3. The topological polar surface area (TPSA) is 62.7 Å². The van der Waals surface area contributed by atoms with Crippen molar-refractivity contribution >= 4 is 23.0 Å². The number of anilines is 2. The van der Waals surface area contributed by atoms with Crippen LogP contribution in [0, 0.1) is 6.92 Å². The van der Waals surface area contributed by atoms with Crippen molar-refractivity contribution in [3.05, 3.63) is 28.5 Å². The SMILES string of the molecule is CCCNc1cc(NC(CC)c2nccs2)nc(C)n1. The van der Waals surface area contributed by atoms with Gasteiger partial charge in [0.2, 0.25) is 0 Å². The minimum atomic E-state index is 0.198. The van der Waals surface area contributed by atoms with E-state index in [4.69, 9.17) is 0 Å². The van der Waals surface area contributed by atoms with Crippen LogP contribution in [0.5, 0.6) is 0 Å². The lowest BCUT2D eigenvalue weighted by Gasteiger charge is -2.16. The fourth-order valence-electron chi connectivity index (χ4n) is 1.91. The highest BCUT2D eigenvalue weighted by atomic mass is 32.1. The van der Waals surface area contributed by atoms with Crippen molar-refractivity contribution in [1.82, 2.24) is 15.0 Å². The van der Waals surface area contributed by atoms with Crippen molar-refractivity contribution in [1.29, 1.82) is 0 Å². The predicted octanol–water partition coefficient (Wildman–Crippen LogP) is 3.63. The Morgan fingerprint density at radius 1 is 1.25 bits per heavy atom. The van der Waals surface area contributed by atoms with Gasteiger partial charge in [-0.2, -0.15) is 0 Å². The van der Waals surface area contributed by atoms with Gasteiger partial charge in [0, 0.05) is 24.2 Å². The molecular weight excluding hydrogens is 270 g/mol. The zero-order valence-electron chi connectivity index (χ0n) is 12.2. The van der Waals surface area contributed by atoms with E-state index in [9.17, 15) is 0 Å². The molecule has 2 aromatic heterocycles. The molecule has 2 rings (SSSR count). The van der Waals surface area contributed by atoms with Gasteiger partial charge in [-0.25, -0.2) is 15.0 Å². The zero-order chi connectivity index (χ0) is 14.4. The van der Waals surface area contributed by atoms with E-state index in [1.165, 1.54) is 0 Å². The molecule has 108 valence electrons. The third-order valence-electron chi connectivity index (χ3n) is 2.87. The average Bonchev–Trinajstić information content (AvgIpc) is 2.96. The van der Waals surface area contributed by atoms with Gasteiger partial charge in [-0.1, -0.05) is 13.8 Å². The molecule has 0 fully saturated rings. The molecule has 0 aliphatic heterocycles. The molecule has 0 aliphatic rings. The van der Waals surface area contributed by atoms with E-state index < -0.39 is 0 Å². The monoisotopic (exact) mass is 291 g/mol. The quantitative estimate of drug-likeness (QED) is 0.815. The fourth-order valence-corrected chi connectivity index (χ4v) is 2.68. The number of hydrogen-bond acceptors (Lipinski definition) is 6. The summed E-state index contributed by atoms with van der Waals surface area (Å²) in [5, 5.41) is 9.83. The highest BCUT2D eigenvalue weighted by Crippen LogP contribution is 2.24. The molecule has 0 amide bonds. The van der Waals surface area contributed by atoms with Crippen LogP contribution in [0.4, 0.5) is 11.6 Å². The Morgan fingerprint density at radius 3 is 2.70 bits per heavy atom. The lowest BCUT2D eigenvalue weighted by Crippen LogP contribution is -2.12. The summed E-state index contributed by atoms with van der Waals surface area (Å²) in [5.74, 6) is 2.48. The van der Waals surface area contributed by atoms with E-state index in [0.29, 0.717) is 0 Å². The Labute approximate surface area is 123 Å². The molecule has 0 radical (unpaired) electrons. The number of aryl methyl sites for hydroxylation is 1. The molecule has 1 unspecified atom stereocenters. The van der Waals surface area contributed by atoms with Gasteiger partial charge in [0.05, 0.1) is 6.04 Å². The van der Waals surface area contributed by atoms with Gasteiger partial charge in [-0.05, 0) is 19.8 Å². The second-order valence-corrected chi connectivity index (χ2v) is 5.51. The summed E-state index contributed by atoms with van der Waals surface area (Å²) < 4.78 is 0. The van der Waals surface area contributed by atoms with Crippen LogP contribution in [-0.4, -0.2) is 21.5 Å². The number of rotatable bonds is 7. The first-order valence-corrected chi connectivity index (χ1v) is 7.86. The Kier molecular flexibility index (Phi) is 5.29.